The zero-order chi connectivity index (χ0) is 23.3. The number of benzene rings is 3. The lowest BCUT2D eigenvalue weighted by molar-refractivity contribution is -0.393. The van der Waals surface area contributed by atoms with Gasteiger partial charge in [0.1, 0.15) is 11.4 Å². The van der Waals surface area contributed by atoms with Gasteiger partial charge in [0.15, 0.2) is 5.69 Å². The number of hydrogen-bond acceptors (Lipinski definition) is 10. The van der Waals surface area contributed by atoms with Crippen molar-refractivity contribution >= 4 is 51.3 Å². The van der Waals surface area contributed by atoms with Gasteiger partial charge in [0, 0.05) is 21.7 Å². The van der Waals surface area contributed by atoms with Crippen molar-refractivity contribution in [2.75, 3.05) is 12.4 Å². The molecule has 3 aromatic carbocycles. The van der Waals surface area contributed by atoms with Crippen molar-refractivity contribution in [2.45, 2.75) is 11.8 Å². The molecule has 3 rings (SSSR count). The van der Waals surface area contributed by atoms with Crippen LogP contribution < -0.4 is 0 Å². The van der Waals surface area contributed by atoms with E-state index in [1.54, 1.807) is 31.2 Å². The molecule has 0 spiro atoms. The van der Waals surface area contributed by atoms with Crippen LogP contribution in [0.15, 0.2) is 63.7 Å². The molecule has 32 heavy (non-hydrogen) atoms. The number of phenolic OH excluding ortho intramolecular Hbond substituents is 1. The first-order valence-corrected chi connectivity index (χ1v) is 10.2. The molecule has 0 atom stereocenters. The van der Waals surface area contributed by atoms with Crippen molar-refractivity contribution in [3.8, 4) is 5.75 Å². The number of thioether (sulfide) groups is 1. The number of rotatable bonds is 8. The van der Waals surface area contributed by atoms with Gasteiger partial charge in [-0.15, -0.1) is 22.0 Å². The molecule has 0 saturated carbocycles. The SMILES string of the molecule is CCOC(=O)CSc1cc(O)c2ccccc2c1N=Nc1ccc([N+](=O)[O-])cc1[N+](=O)[O-]. The number of aromatic hydroxyl groups is 1. The number of nitrogens with zero attached hydrogens (tertiary/aromatic N) is 4. The number of phenols is 1. The average molecular weight is 456 g/mol. The van der Waals surface area contributed by atoms with Gasteiger partial charge >= 0.3 is 11.7 Å². The van der Waals surface area contributed by atoms with Gasteiger partial charge in [0.25, 0.3) is 5.69 Å². The largest absolute Gasteiger partial charge is 0.507 e. The molecule has 0 aliphatic heterocycles. The fraction of sp³-hybridized carbons (Fsp3) is 0.150. The van der Waals surface area contributed by atoms with Crippen LogP contribution in [-0.2, 0) is 9.53 Å². The third-order valence-electron chi connectivity index (χ3n) is 4.23. The maximum atomic E-state index is 11.8. The zero-order valence-corrected chi connectivity index (χ0v) is 17.4. The highest BCUT2D eigenvalue weighted by Crippen LogP contribution is 2.42. The molecule has 0 saturated heterocycles. The molecule has 0 radical (unpaired) electrons. The Bertz CT molecular complexity index is 1250. The van der Waals surface area contributed by atoms with E-state index in [1.165, 1.54) is 6.07 Å². The Morgan fingerprint density at radius 1 is 1.06 bits per heavy atom. The van der Waals surface area contributed by atoms with Crippen LogP contribution >= 0.6 is 11.8 Å². The predicted octanol–water partition coefficient (Wildman–Crippen LogP) is 5.43. The standard InChI is InChI=1S/C20H16N4O7S/c1-2-31-19(26)11-32-18-10-17(25)13-5-3-4-6-14(13)20(18)22-21-15-8-7-12(23(27)28)9-16(15)24(29)30/h3-10,25H,2,11H2,1H3. The van der Waals surface area contributed by atoms with Crippen molar-refractivity contribution in [1.82, 2.24) is 0 Å². The zero-order valence-electron chi connectivity index (χ0n) is 16.6. The normalized spacial score (nSPS) is 11.0. The molecule has 0 aromatic heterocycles. The van der Waals surface area contributed by atoms with Gasteiger partial charge < -0.3 is 9.84 Å². The summed E-state index contributed by atoms with van der Waals surface area (Å²) in [6.07, 6.45) is 0. The van der Waals surface area contributed by atoms with Gasteiger partial charge in [-0.1, -0.05) is 24.3 Å². The molecule has 164 valence electrons. The van der Waals surface area contributed by atoms with E-state index in [0.29, 0.717) is 15.7 Å². The Hall–Kier alpha value is -4.06. The molecule has 11 nitrogen and oxygen atoms in total. The number of nitro groups is 2. The van der Waals surface area contributed by atoms with Crippen LogP contribution in [-0.4, -0.2) is 33.3 Å². The Morgan fingerprint density at radius 3 is 2.44 bits per heavy atom. The second kappa shape index (κ2) is 9.83. The van der Waals surface area contributed by atoms with E-state index >= 15 is 0 Å². The van der Waals surface area contributed by atoms with Crippen molar-refractivity contribution in [2.24, 2.45) is 10.2 Å². The summed E-state index contributed by atoms with van der Waals surface area (Å²) >= 11 is 1.06. The van der Waals surface area contributed by atoms with E-state index in [1.807, 2.05) is 0 Å². The van der Waals surface area contributed by atoms with Crippen LogP contribution in [0.4, 0.5) is 22.7 Å². The highest BCUT2D eigenvalue weighted by Gasteiger charge is 2.20. The molecule has 12 heteroatoms. The lowest BCUT2D eigenvalue weighted by atomic mass is 10.1. The number of azo groups is 1. The molecule has 0 heterocycles. The number of hydrogen-bond donors (Lipinski definition) is 1. The first-order valence-electron chi connectivity index (χ1n) is 9.19. The second-order valence-electron chi connectivity index (χ2n) is 6.27. The number of ether oxygens (including phenoxy) is 1. The lowest BCUT2D eigenvalue weighted by Gasteiger charge is -2.10. The van der Waals surface area contributed by atoms with E-state index in [9.17, 15) is 30.1 Å². The minimum atomic E-state index is -0.785. The number of carbonyl (C=O) groups excluding carboxylic acids is 1. The first kappa shape index (κ1) is 22.6. The number of non-ortho nitro benzene ring substituents is 1. The van der Waals surface area contributed by atoms with E-state index < -0.39 is 27.2 Å². The molecular formula is C20H16N4O7S. The Morgan fingerprint density at radius 2 is 1.78 bits per heavy atom. The topological polar surface area (TPSA) is 158 Å². The fourth-order valence-electron chi connectivity index (χ4n) is 2.83. The minimum Gasteiger partial charge on any atom is -0.507 e. The second-order valence-corrected chi connectivity index (χ2v) is 7.29. The smallest absolute Gasteiger partial charge is 0.316 e. The molecule has 1 N–H and O–H groups in total. The monoisotopic (exact) mass is 456 g/mol. The van der Waals surface area contributed by atoms with Crippen molar-refractivity contribution < 1.29 is 24.5 Å². The summed E-state index contributed by atoms with van der Waals surface area (Å²) in [5, 5.41) is 41.8. The molecule has 0 aliphatic carbocycles. The predicted molar refractivity (Wildman–Crippen MR) is 117 cm³/mol. The summed E-state index contributed by atoms with van der Waals surface area (Å²) in [4.78, 5) is 32.9. The van der Waals surface area contributed by atoms with Crippen LogP contribution in [0.5, 0.6) is 5.75 Å². The highest BCUT2D eigenvalue weighted by molar-refractivity contribution is 8.00. The fourth-order valence-corrected chi connectivity index (χ4v) is 3.67. The highest BCUT2D eigenvalue weighted by atomic mass is 32.2. The molecule has 0 unspecified atom stereocenters. The summed E-state index contributed by atoms with van der Waals surface area (Å²) in [7, 11) is 0. The van der Waals surface area contributed by atoms with E-state index in [0.717, 1.165) is 30.0 Å². The summed E-state index contributed by atoms with van der Waals surface area (Å²) < 4.78 is 4.92. The van der Waals surface area contributed by atoms with E-state index in [-0.39, 0.29) is 29.5 Å². The summed E-state index contributed by atoms with van der Waals surface area (Å²) in [5.41, 5.74) is -0.928. The van der Waals surface area contributed by atoms with Gasteiger partial charge in [0.05, 0.1) is 28.3 Å². The van der Waals surface area contributed by atoms with Crippen LogP contribution in [0.25, 0.3) is 10.8 Å². The third-order valence-corrected chi connectivity index (χ3v) is 5.24. The summed E-state index contributed by atoms with van der Waals surface area (Å²) in [5.74, 6) is -0.544. The lowest BCUT2D eigenvalue weighted by Crippen LogP contribution is -2.06. The quantitative estimate of drug-likeness (QED) is 0.154. The Balaban J connectivity index is 2.09. The Labute approximate surface area is 185 Å². The van der Waals surface area contributed by atoms with Crippen LogP contribution in [0.3, 0.4) is 0 Å². The van der Waals surface area contributed by atoms with E-state index in [4.69, 9.17) is 4.74 Å². The summed E-state index contributed by atoms with van der Waals surface area (Å²) in [6.45, 7) is 1.90. The molecule has 0 fully saturated rings. The van der Waals surface area contributed by atoms with Crippen LogP contribution in [0.2, 0.25) is 0 Å². The van der Waals surface area contributed by atoms with Gasteiger partial charge in [-0.2, -0.15) is 0 Å². The first-order chi connectivity index (χ1) is 15.3. The average Bonchev–Trinajstić information content (AvgIpc) is 2.77. The summed E-state index contributed by atoms with van der Waals surface area (Å²) in [6, 6.07) is 11.2. The van der Waals surface area contributed by atoms with Gasteiger partial charge in [0.2, 0.25) is 0 Å². The number of carbonyl (C=O) groups is 1. The maximum absolute atomic E-state index is 11.8. The molecule has 0 aliphatic rings. The number of fused-ring (bicyclic) bond motifs is 1. The van der Waals surface area contributed by atoms with E-state index in [2.05, 4.69) is 10.2 Å². The van der Waals surface area contributed by atoms with Crippen molar-refractivity contribution in [3.63, 3.8) is 0 Å². The number of nitro benzene ring substituents is 2. The molecule has 0 amide bonds. The van der Waals surface area contributed by atoms with Crippen molar-refractivity contribution in [3.05, 3.63) is 68.8 Å². The molecular weight excluding hydrogens is 440 g/mol. The Kier molecular flexibility index (Phi) is 6.95. The number of esters is 1. The van der Waals surface area contributed by atoms with Crippen molar-refractivity contribution in [1.29, 1.82) is 0 Å². The minimum absolute atomic E-state index is 0.0350. The van der Waals surface area contributed by atoms with Gasteiger partial charge in [-0.3, -0.25) is 25.0 Å². The van der Waals surface area contributed by atoms with Gasteiger partial charge in [-0.05, 0) is 19.1 Å². The van der Waals surface area contributed by atoms with Gasteiger partial charge in [-0.25, -0.2) is 0 Å². The molecule has 0 bridgehead atoms. The van der Waals surface area contributed by atoms with Crippen LogP contribution in [0, 0.1) is 20.2 Å². The molecule has 3 aromatic rings. The third kappa shape index (κ3) is 4.98. The van der Waals surface area contributed by atoms with Crippen LogP contribution in [0.1, 0.15) is 6.92 Å². The maximum Gasteiger partial charge on any atom is 0.316 e.